The lowest BCUT2D eigenvalue weighted by Gasteiger charge is -2.21. The molecule has 18 heteroatoms. The highest BCUT2D eigenvalue weighted by molar-refractivity contribution is 7.47. The Hall–Kier alpha value is -4.31. The number of aliphatic hydroxyl groups excluding tert-OH is 2. The number of unbranched alkanes of at least 4 members (excludes halogenated alkanes) is 27. The Morgan fingerprint density at radius 1 is 0.293 bits per heavy atom. The Morgan fingerprint density at radius 3 is 0.848 bits per heavy atom. The quantitative estimate of drug-likeness (QED) is 0.0146. The molecule has 0 aromatic rings. The Labute approximate surface area is 601 Å². The van der Waals surface area contributed by atoms with Gasteiger partial charge >= 0.3 is 33.6 Å². The van der Waals surface area contributed by atoms with E-state index in [4.69, 9.17) is 32.3 Å². The Morgan fingerprint density at radius 2 is 0.535 bits per heavy atom. The molecule has 16 nitrogen and oxygen atoms in total. The first kappa shape index (κ1) is 94.7. The molecule has 0 aliphatic rings. The average molecular weight is 1430 g/mol. The summed E-state index contributed by atoms with van der Waals surface area (Å²) in [6.45, 7) is 2.47. The molecule has 4 N–H and O–H groups in total. The molecule has 0 heterocycles. The Bertz CT molecular complexity index is 2330. The smallest absolute Gasteiger partial charge is 0.463 e. The summed E-state index contributed by atoms with van der Waals surface area (Å²) < 4.78 is 61.1. The number of phosphoric ester groups is 2. The van der Waals surface area contributed by atoms with E-state index in [1.807, 2.05) is 0 Å². The van der Waals surface area contributed by atoms with E-state index in [-0.39, 0.29) is 19.3 Å². The molecule has 5 atom stereocenters. The van der Waals surface area contributed by atoms with Crippen LogP contribution in [0.4, 0.5) is 0 Å². The molecule has 0 rings (SSSR count). The van der Waals surface area contributed by atoms with Crippen molar-refractivity contribution in [3.05, 3.63) is 134 Å². The number of hydrogen-bond donors (Lipinski definition) is 4. The highest BCUT2D eigenvalue weighted by Crippen LogP contribution is 2.45. The highest BCUT2D eigenvalue weighted by atomic mass is 31.2. The summed E-state index contributed by atoms with van der Waals surface area (Å²) in [5.74, 6) is -1.61. The Kier molecular flexibility index (Phi) is 70.2. The van der Waals surface area contributed by atoms with Gasteiger partial charge in [-0.3, -0.25) is 32.5 Å². The molecule has 0 aliphatic carbocycles. The van der Waals surface area contributed by atoms with Gasteiger partial charge in [-0.2, -0.15) is 0 Å². The van der Waals surface area contributed by atoms with Crippen molar-refractivity contribution in [1.29, 1.82) is 0 Å². The van der Waals surface area contributed by atoms with Gasteiger partial charge in [0.2, 0.25) is 0 Å². The van der Waals surface area contributed by atoms with Crippen LogP contribution in [0.3, 0.4) is 0 Å². The molecule has 0 amide bonds. The van der Waals surface area contributed by atoms with Crippen molar-refractivity contribution in [3.63, 3.8) is 0 Å². The maximum atomic E-state index is 13.0. The van der Waals surface area contributed by atoms with Crippen molar-refractivity contribution in [1.82, 2.24) is 0 Å². The molecule has 0 spiro atoms. The van der Waals surface area contributed by atoms with Gasteiger partial charge < -0.3 is 34.2 Å². The molecule has 0 bridgehead atoms. The van der Waals surface area contributed by atoms with Crippen LogP contribution in [0.25, 0.3) is 0 Å². The zero-order valence-corrected chi connectivity index (χ0v) is 63.7. The second-order valence-electron chi connectivity index (χ2n) is 25.4. The van der Waals surface area contributed by atoms with Crippen LogP contribution in [0.15, 0.2) is 134 Å². The van der Waals surface area contributed by atoms with Crippen molar-refractivity contribution >= 4 is 33.6 Å². The normalized spacial score (nSPS) is 14.8. The molecular weight excluding hydrogens is 1290 g/mol. The van der Waals surface area contributed by atoms with Gasteiger partial charge in [-0.1, -0.05) is 276 Å². The van der Waals surface area contributed by atoms with Gasteiger partial charge in [0, 0.05) is 19.3 Å². The molecule has 0 aromatic carbocycles. The van der Waals surface area contributed by atoms with Crippen LogP contribution in [0.2, 0.25) is 0 Å². The number of hydrogen-bond acceptors (Lipinski definition) is 14. The fourth-order valence-corrected chi connectivity index (χ4v) is 11.5. The van der Waals surface area contributed by atoms with E-state index in [0.29, 0.717) is 19.3 Å². The van der Waals surface area contributed by atoms with E-state index in [1.54, 1.807) is 0 Å². The number of phosphoric acid groups is 2. The van der Waals surface area contributed by atoms with E-state index in [9.17, 15) is 43.5 Å². The molecule has 0 aromatic heterocycles. The monoisotopic (exact) mass is 1430 g/mol. The van der Waals surface area contributed by atoms with Crippen molar-refractivity contribution in [3.8, 4) is 0 Å². The molecule has 0 fully saturated rings. The molecule has 5 unspecified atom stereocenters. The summed E-state index contributed by atoms with van der Waals surface area (Å²) in [4.78, 5) is 58.6. The van der Waals surface area contributed by atoms with Gasteiger partial charge in [-0.05, 0) is 141 Å². The third-order valence-corrected chi connectivity index (χ3v) is 17.7. The molecular formula is C81H138O16P2. The molecule has 99 heavy (non-hydrogen) atoms. The van der Waals surface area contributed by atoms with E-state index < -0.39 is 91.5 Å². The first-order valence-electron chi connectivity index (χ1n) is 38.5. The van der Waals surface area contributed by atoms with Crippen molar-refractivity contribution in [2.75, 3.05) is 39.6 Å². The largest absolute Gasteiger partial charge is 0.472 e. The topological polar surface area (TPSA) is 231 Å². The minimum atomic E-state index is -4.94. The summed E-state index contributed by atoms with van der Waals surface area (Å²) in [5, 5.41) is 20.6. The zero-order valence-electron chi connectivity index (χ0n) is 61.9. The second-order valence-corrected chi connectivity index (χ2v) is 28.3. The van der Waals surface area contributed by atoms with Crippen molar-refractivity contribution < 1.29 is 75.8 Å². The van der Waals surface area contributed by atoms with Crippen LogP contribution in [0.5, 0.6) is 0 Å². The van der Waals surface area contributed by atoms with Gasteiger partial charge in [0.1, 0.15) is 25.4 Å². The number of aliphatic hydroxyl groups is 2. The van der Waals surface area contributed by atoms with Crippen LogP contribution in [-0.4, -0.2) is 95.9 Å². The van der Waals surface area contributed by atoms with Gasteiger partial charge in [-0.25, -0.2) is 9.13 Å². The summed E-state index contributed by atoms with van der Waals surface area (Å²) >= 11 is 0. The summed E-state index contributed by atoms with van der Waals surface area (Å²) in [6.07, 6.45) is 87.8. The standard InChI is InChI=1S/C81H138O16P2/c1-4-7-10-13-16-19-22-25-28-30-32-34-35-36-37-38-39-41-43-44-47-49-52-55-58-61-64-67-79(84)91-70-76(82)71-93-98(87,88)94-72-77(83)73-95-99(89,90)96-75-78(97-81(86)69-66-63-60-57-54-51-46-27-24-21-18-15-12-9-6-3)74-92-80(85)68-65-62-59-56-53-50-48-45-42-40-33-31-29-26-23-20-17-14-11-8-5-2/h7,10,16-21,25-29,32-34,36-37,40,45-46,48,76-78,82-83H,4-6,8-9,11-15,22-24,30-31,35,38-39,41-44,47,49-75H2,1-3H3,(H,87,88)(H,89,90)/b10-7-,19-16-,20-17-,21-18-,28-25-,29-26-,34-32-,37-36-,40-33-,46-27-,48-45-. The molecule has 0 radical (unpaired) electrons. The summed E-state index contributed by atoms with van der Waals surface area (Å²) in [6, 6.07) is 0. The average Bonchev–Trinajstić information content (AvgIpc) is 1.44. The number of rotatable bonds is 72. The van der Waals surface area contributed by atoms with Crippen molar-refractivity contribution in [2.24, 2.45) is 0 Å². The van der Waals surface area contributed by atoms with Crippen LogP contribution in [0, 0.1) is 0 Å². The van der Waals surface area contributed by atoms with Gasteiger partial charge in [-0.15, -0.1) is 0 Å². The van der Waals surface area contributed by atoms with Crippen LogP contribution >= 0.6 is 15.6 Å². The molecule has 0 aliphatic heterocycles. The second kappa shape index (κ2) is 73.4. The van der Waals surface area contributed by atoms with E-state index >= 15 is 0 Å². The fraction of sp³-hybridized carbons (Fsp3) is 0.691. The number of esters is 3. The lowest BCUT2D eigenvalue weighted by molar-refractivity contribution is -0.161. The molecule has 0 saturated heterocycles. The fourth-order valence-electron chi connectivity index (χ4n) is 9.96. The number of carbonyl (C=O) groups is 3. The zero-order chi connectivity index (χ0) is 72.3. The Balaban J connectivity index is 4.59. The SMILES string of the molecule is CC/C=C\C/C=C\C/C=C\C/C=C\C/C=C\CCCCCCCCCCCCCC(=O)OCC(O)COP(=O)(O)OCC(O)COP(=O)(O)OCC(COC(=O)CCCCCCC/C=C\C/C=C\C/C=C\C/C=C\CCCCC)OC(=O)CCCCCCC/C=C\C/C=C\CCCCC. The lowest BCUT2D eigenvalue weighted by atomic mass is 10.0. The minimum Gasteiger partial charge on any atom is -0.463 e. The van der Waals surface area contributed by atoms with Crippen LogP contribution in [-0.2, 0) is 55.8 Å². The minimum absolute atomic E-state index is 0.0815. The van der Waals surface area contributed by atoms with Gasteiger partial charge in [0.05, 0.1) is 26.4 Å². The number of carbonyl (C=O) groups excluding carboxylic acids is 3. The van der Waals surface area contributed by atoms with Crippen LogP contribution < -0.4 is 0 Å². The van der Waals surface area contributed by atoms with Crippen molar-refractivity contribution in [2.45, 2.75) is 322 Å². The third-order valence-electron chi connectivity index (χ3n) is 15.8. The summed E-state index contributed by atoms with van der Waals surface area (Å²) in [7, 11) is -9.80. The number of allylic oxidation sites excluding steroid dienone is 22. The van der Waals surface area contributed by atoms with Crippen LogP contribution in [0.1, 0.15) is 303 Å². The first-order chi connectivity index (χ1) is 48.2. The predicted molar refractivity (Wildman–Crippen MR) is 408 cm³/mol. The maximum absolute atomic E-state index is 13.0. The number of ether oxygens (including phenoxy) is 3. The van der Waals surface area contributed by atoms with E-state index in [0.717, 1.165) is 154 Å². The summed E-state index contributed by atoms with van der Waals surface area (Å²) in [5.41, 5.74) is 0. The molecule has 568 valence electrons. The third kappa shape index (κ3) is 74.7. The maximum Gasteiger partial charge on any atom is 0.472 e. The van der Waals surface area contributed by atoms with E-state index in [1.165, 1.54) is 89.9 Å². The lowest BCUT2D eigenvalue weighted by Crippen LogP contribution is -2.30. The highest BCUT2D eigenvalue weighted by Gasteiger charge is 2.29. The van der Waals surface area contributed by atoms with E-state index in [2.05, 4.69) is 154 Å². The molecule has 0 saturated carbocycles. The van der Waals surface area contributed by atoms with Gasteiger partial charge in [0.15, 0.2) is 6.10 Å². The first-order valence-corrected chi connectivity index (χ1v) is 41.5. The van der Waals surface area contributed by atoms with Gasteiger partial charge in [0.25, 0.3) is 0 Å². The predicted octanol–water partition coefficient (Wildman–Crippen LogP) is 22.3.